The molecule has 0 aliphatic rings. The zero-order valence-corrected chi connectivity index (χ0v) is 12.0. The molecule has 2 rings (SSSR count). The first kappa shape index (κ1) is 13.8. The Kier molecular flexibility index (Phi) is 3.77. The van der Waals surface area contributed by atoms with Gasteiger partial charge in [-0.1, -0.05) is 22.0 Å². The Labute approximate surface area is 118 Å². The van der Waals surface area contributed by atoms with Crippen molar-refractivity contribution in [2.24, 2.45) is 0 Å². The molecule has 19 heavy (non-hydrogen) atoms. The Morgan fingerprint density at radius 3 is 2.53 bits per heavy atom. The maximum atomic E-state index is 12.9. The molecule has 4 nitrogen and oxygen atoms in total. The standard InChI is InChI=1S/C12H10BrFN2O2S/c13-8-2-1-3-10(6-8)16-19(17,18)12-5-4-9(14)7-11(12)15/h1-7,16H,15H2. The van der Waals surface area contributed by atoms with E-state index in [1.807, 2.05) is 0 Å². The lowest BCUT2D eigenvalue weighted by Gasteiger charge is -2.10. The number of rotatable bonds is 3. The summed E-state index contributed by atoms with van der Waals surface area (Å²) in [5.41, 5.74) is 5.77. The first-order chi connectivity index (χ1) is 8.88. The van der Waals surface area contributed by atoms with Gasteiger partial charge in [-0.05, 0) is 36.4 Å². The average molecular weight is 345 g/mol. The summed E-state index contributed by atoms with van der Waals surface area (Å²) >= 11 is 3.24. The van der Waals surface area contributed by atoms with Crippen LogP contribution >= 0.6 is 15.9 Å². The van der Waals surface area contributed by atoms with Crippen LogP contribution in [0.2, 0.25) is 0 Å². The molecule has 100 valence electrons. The number of sulfonamides is 1. The van der Waals surface area contributed by atoms with Gasteiger partial charge in [0, 0.05) is 10.2 Å². The van der Waals surface area contributed by atoms with Crippen molar-refractivity contribution in [1.82, 2.24) is 0 Å². The number of anilines is 2. The highest BCUT2D eigenvalue weighted by Gasteiger charge is 2.18. The quantitative estimate of drug-likeness (QED) is 0.840. The predicted octanol–water partition coefficient (Wildman–Crippen LogP) is 2.97. The van der Waals surface area contributed by atoms with Crippen LogP contribution in [0.1, 0.15) is 0 Å². The summed E-state index contributed by atoms with van der Waals surface area (Å²) in [6.45, 7) is 0. The molecule has 0 heterocycles. The number of benzene rings is 2. The molecule has 0 spiro atoms. The lowest BCUT2D eigenvalue weighted by molar-refractivity contribution is 0.600. The molecule has 0 bridgehead atoms. The van der Waals surface area contributed by atoms with Gasteiger partial charge in [0.05, 0.1) is 5.69 Å². The number of nitrogen functional groups attached to an aromatic ring is 1. The van der Waals surface area contributed by atoms with Crippen molar-refractivity contribution < 1.29 is 12.8 Å². The van der Waals surface area contributed by atoms with E-state index in [-0.39, 0.29) is 10.6 Å². The van der Waals surface area contributed by atoms with E-state index in [0.29, 0.717) is 5.69 Å². The minimum atomic E-state index is -3.84. The van der Waals surface area contributed by atoms with Crippen LogP contribution in [0.25, 0.3) is 0 Å². The lowest BCUT2D eigenvalue weighted by atomic mass is 10.3. The molecule has 7 heteroatoms. The van der Waals surface area contributed by atoms with Crippen molar-refractivity contribution in [3.05, 3.63) is 52.8 Å². The monoisotopic (exact) mass is 344 g/mol. The fourth-order valence-electron chi connectivity index (χ4n) is 1.53. The summed E-state index contributed by atoms with van der Waals surface area (Å²) < 4.78 is 40.3. The maximum Gasteiger partial charge on any atom is 0.263 e. The predicted molar refractivity (Wildman–Crippen MR) is 75.8 cm³/mol. The fraction of sp³-hybridized carbons (Fsp3) is 0. The van der Waals surface area contributed by atoms with E-state index >= 15 is 0 Å². The number of hydrogen-bond donors (Lipinski definition) is 2. The molecule has 2 aromatic rings. The highest BCUT2D eigenvalue weighted by molar-refractivity contribution is 9.10. The van der Waals surface area contributed by atoms with Crippen LogP contribution in [0.5, 0.6) is 0 Å². The molecule has 3 N–H and O–H groups in total. The van der Waals surface area contributed by atoms with Gasteiger partial charge < -0.3 is 5.73 Å². The molecule has 0 unspecified atom stereocenters. The zero-order valence-electron chi connectivity index (χ0n) is 9.60. The largest absolute Gasteiger partial charge is 0.398 e. The number of halogens is 2. The lowest BCUT2D eigenvalue weighted by Crippen LogP contribution is -2.14. The molecular weight excluding hydrogens is 335 g/mol. The highest BCUT2D eigenvalue weighted by Crippen LogP contribution is 2.23. The molecule has 0 fully saturated rings. The van der Waals surface area contributed by atoms with Crippen molar-refractivity contribution in [2.45, 2.75) is 4.90 Å². The van der Waals surface area contributed by atoms with Gasteiger partial charge in [-0.15, -0.1) is 0 Å². The Hall–Kier alpha value is -1.60. The molecule has 0 aliphatic carbocycles. The highest BCUT2D eigenvalue weighted by atomic mass is 79.9. The van der Waals surface area contributed by atoms with Crippen molar-refractivity contribution in [3.8, 4) is 0 Å². The summed E-state index contributed by atoms with van der Waals surface area (Å²) in [5.74, 6) is -0.584. The SMILES string of the molecule is Nc1cc(F)ccc1S(=O)(=O)Nc1cccc(Br)c1. The van der Waals surface area contributed by atoms with Gasteiger partial charge in [-0.2, -0.15) is 0 Å². The normalized spacial score (nSPS) is 11.3. The molecule has 0 atom stereocenters. The minimum absolute atomic E-state index is 0.137. The van der Waals surface area contributed by atoms with E-state index in [1.54, 1.807) is 24.3 Å². The Bertz CT molecular complexity index is 719. The van der Waals surface area contributed by atoms with Crippen molar-refractivity contribution in [1.29, 1.82) is 0 Å². The molecule has 0 aliphatic heterocycles. The van der Waals surface area contributed by atoms with Crippen LogP contribution in [0, 0.1) is 5.82 Å². The maximum absolute atomic E-state index is 12.9. The molecule has 0 saturated heterocycles. The van der Waals surface area contributed by atoms with Gasteiger partial charge in [0.2, 0.25) is 0 Å². The fourth-order valence-corrected chi connectivity index (χ4v) is 3.09. The van der Waals surface area contributed by atoms with Gasteiger partial charge in [0.1, 0.15) is 10.7 Å². The number of nitrogens with two attached hydrogens (primary N) is 1. The van der Waals surface area contributed by atoms with E-state index in [4.69, 9.17) is 5.73 Å². The van der Waals surface area contributed by atoms with E-state index < -0.39 is 15.8 Å². The first-order valence-electron chi connectivity index (χ1n) is 5.22. The minimum Gasteiger partial charge on any atom is -0.398 e. The number of hydrogen-bond acceptors (Lipinski definition) is 3. The Balaban J connectivity index is 2.38. The van der Waals surface area contributed by atoms with Crippen LogP contribution < -0.4 is 10.5 Å². The van der Waals surface area contributed by atoms with Crippen LogP contribution in [-0.2, 0) is 10.0 Å². The zero-order chi connectivity index (χ0) is 14.0. The second kappa shape index (κ2) is 5.18. The molecular formula is C12H10BrFN2O2S. The summed E-state index contributed by atoms with van der Waals surface area (Å²) in [6, 6.07) is 9.81. The van der Waals surface area contributed by atoms with E-state index in [2.05, 4.69) is 20.7 Å². The Morgan fingerprint density at radius 1 is 1.16 bits per heavy atom. The summed E-state index contributed by atoms with van der Waals surface area (Å²) in [4.78, 5) is -0.158. The van der Waals surface area contributed by atoms with Gasteiger partial charge in [-0.3, -0.25) is 4.72 Å². The smallest absolute Gasteiger partial charge is 0.263 e. The van der Waals surface area contributed by atoms with Crippen LogP contribution in [0.3, 0.4) is 0 Å². The molecule has 2 aromatic carbocycles. The second-order valence-corrected chi connectivity index (χ2v) is 6.36. The third-order valence-corrected chi connectivity index (χ3v) is 4.29. The molecule has 0 saturated carbocycles. The van der Waals surface area contributed by atoms with Gasteiger partial charge in [-0.25, -0.2) is 12.8 Å². The van der Waals surface area contributed by atoms with Gasteiger partial charge in [0.25, 0.3) is 10.0 Å². The second-order valence-electron chi connectivity index (χ2n) is 3.80. The summed E-state index contributed by atoms with van der Waals surface area (Å²) in [5, 5.41) is 0. The third-order valence-electron chi connectivity index (χ3n) is 2.34. The molecule has 0 aromatic heterocycles. The topological polar surface area (TPSA) is 72.2 Å². The average Bonchev–Trinajstić information content (AvgIpc) is 2.27. The molecule has 0 radical (unpaired) electrons. The van der Waals surface area contributed by atoms with Crippen molar-refractivity contribution in [3.63, 3.8) is 0 Å². The first-order valence-corrected chi connectivity index (χ1v) is 7.49. The van der Waals surface area contributed by atoms with Crippen LogP contribution in [0.4, 0.5) is 15.8 Å². The van der Waals surface area contributed by atoms with Gasteiger partial charge >= 0.3 is 0 Å². The number of nitrogens with one attached hydrogen (secondary N) is 1. The van der Waals surface area contributed by atoms with Crippen LogP contribution in [0.15, 0.2) is 51.8 Å². The summed E-state index contributed by atoms with van der Waals surface area (Å²) in [7, 11) is -3.84. The van der Waals surface area contributed by atoms with Crippen molar-refractivity contribution in [2.75, 3.05) is 10.5 Å². The summed E-state index contributed by atoms with van der Waals surface area (Å²) in [6.07, 6.45) is 0. The Morgan fingerprint density at radius 2 is 1.89 bits per heavy atom. The third kappa shape index (κ3) is 3.24. The van der Waals surface area contributed by atoms with E-state index in [9.17, 15) is 12.8 Å². The van der Waals surface area contributed by atoms with Gasteiger partial charge in [0.15, 0.2) is 0 Å². The van der Waals surface area contributed by atoms with Crippen molar-refractivity contribution >= 4 is 37.3 Å². The van der Waals surface area contributed by atoms with E-state index in [1.165, 1.54) is 0 Å². The molecule has 0 amide bonds. The van der Waals surface area contributed by atoms with Crippen LogP contribution in [-0.4, -0.2) is 8.42 Å². The van der Waals surface area contributed by atoms with E-state index in [0.717, 1.165) is 22.7 Å².